The first-order valence-corrected chi connectivity index (χ1v) is 9.82. The van der Waals surface area contributed by atoms with Gasteiger partial charge in [0.25, 0.3) is 5.91 Å². The number of pyridine rings is 1. The molecule has 1 fully saturated rings. The molecule has 0 bridgehead atoms. The number of hydrogen-bond acceptors (Lipinski definition) is 8. The van der Waals surface area contributed by atoms with Crippen LogP contribution >= 0.6 is 0 Å². The molecule has 1 amide bonds. The Balaban J connectivity index is 1.51. The van der Waals surface area contributed by atoms with Crippen LogP contribution in [0, 0.1) is 0 Å². The third-order valence-electron chi connectivity index (χ3n) is 4.84. The van der Waals surface area contributed by atoms with Gasteiger partial charge in [-0.1, -0.05) is 0 Å². The van der Waals surface area contributed by atoms with Gasteiger partial charge in [0, 0.05) is 43.8 Å². The van der Waals surface area contributed by atoms with Crippen LogP contribution in [0.4, 0.5) is 5.95 Å². The molecule has 30 heavy (non-hydrogen) atoms. The van der Waals surface area contributed by atoms with Crippen molar-refractivity contribution in [3.63, 3.8) is 0 Å². The number of aromatic nitrogens is 3. The summed E-state index contributed by atoms with van der Waals surface area (Å²) in [5, 5.41) is 12.9. The first-order chi connectivity index (χ1) is 14.7. The van der Waals surface area contributed by atoms with Crippen LogP contribution < -0.4 is 10.2 Å². The number of carbonyl (C=O) groups excluding carboxylic acids is 1. The third-order valence-corrected chi connectivity index (χ3v) is 4.84. The summed E-state index contributed by atoms with van der Waals surface area (Å²) in [5.41, 5.74) is 1.69. The predicted molar refractivity (Wildman–Crippen MR) is 109 cm³/mol. The molecule has 156 valence electrons. The molecule has 2 N–H and O–H groups in total. The fourth-order valence-corrected chi connectivity index (χ4v) is 3.23. The highest BCUT2D eigenvalue weighted by Crippen LogP contribution is 2.24. The maximum absolute atomic E-state index is 12.8. The first kappa shape index (κ1) is 20.0. The summed E-state index contributed by atoms with van der Waals surface area (Å²) >= 11 is 0. The topological polar surface area (TPSA) is 114 Å². The minimum atomic E-state index is -0.778. The van der Waals surface area contributed by atoms with E-state index in [0.717, 1.165) is 5.56 Å². The molecule has 1 saturated heterocycles. The average molecular weight is 409 g/mol. The van der Waals surface area contributed by atoms with E-state index >= 15 is 0 Å². The Morgan fingerprint density at radius 3 is 2.77 bits per heavy atom. The molecule has 1 aliphatic heterocycles. The Bertz CT molecular complexity index is 959. The van der Waals surface area contributed by atoms with E-state index in [1.807, 2.05) is 17.0 Å². The summed E-state index contributed by atoms with van der Waals surface area (Å²) in [6.45, 7) is 2.92. The molecular formula is C21H23N5O4. The number of aliphatic hydroxyl groups excluding tert-OH is 1. The maximum Gasteiger partial charge on any atom is 0.255 e. The van der Waals surface area contributed by atoms with Crippen LogP contribution in [0.15, 0.2) is 53.5 Å². The molecule has 9 heteroatoms. The molecule has 3 aromatic heterocycles. The summed E-state index contributed by atoms with van der Waals surface area (Å²) in [6.07, 6.45) is 5.92. The number of nitrogens with zero attached hydrogens (tertiary/aromatic N) is 4. The number of carbonyl (C=O) groups is 1. The van der Waals surface area contributed by atoms with Crippen LogP contribution in [-0.2, 0) is 4.74 Å². The van der Waals surface area contributed by atoms with E-state index in [-0.39, 0.29) is 12.5 Å². The van der Waals surface area contributed by atoms with Gasteiger partial charge in [0.15, 0.2) is 0 Å². The highest BCUT2D eigenvalue weighted by molar-refractivity contribution is 5.99. The fraction of sp³-hybridized carbons (Fsp3) is 0.333. The van der Waals surface area contributed by atoms with Gasteiger partial charge >= 0.3 is 0 Å². The first-order valence-electron chi connectivity index (χ1n) is 9.82. The van der Waals surface area contributed by atoms with E-state index in [1.54, 1.807) is 30.7 Å². The van der Waals surface area contributed by atoms with Crippen LogP contribution in [0.25, 0.3) is 11.3 Å². The molecule has 0 saturated carbocycles. The van der Waals surface area contributed by atoms with Gasteiger partial charge in [-0.25, -0.2) is 9.97 Å². The van der Waals surface area contributed by atoms with Crippen LogP contribution in [-0.4, -0.2) is 58.8 Å². The number of amides is 1. The monoisotopic (exact) mass is 409 g/mol. The third kappa shape index (κ3) is 4.64. The summed E-state index contributed by atoms with van der Waals surface area (Å²) in [6, 6.07) is 7.03. The van der Waals surface area contributed by atoms with E-state index in [1.165, 1.54) is 6.26 Å². The molecule has 3 aromatic rings. The van der Waals surface area contributed by atoms with Crippen molar-refractivity contribution in [3.05, 3.63) is 60.4 Å². The average Bonchev–Trinajstić information content (AvgIpc) is 3.35. The maximum atomic E-state index is 12.8. The zero-order valence-electron chi connectivity index (χ0n) is 16.4. The van der Waals surface area contributed by atoms with Gasteiger partial charge in [-0.15, -0.1) is 0 Å². The molecule has 0 radical (unpaired) electrons. The second kappa shape index (κ2) is 9.47. The summed E-state index contributed by atoms with van der Waals surface area (Å²) < 4.78 is 10.6. The molecule has 0 aliphatic carbocycles. The zero-order valence-corrected chi connectivity index (χ0v) is 16.4. The number of hydrogen-bond donors (Lipinski definition) is 2. The number of nitrogens with one attached hydrogen (secondary N) is 1. The lowest BCUT2D eigenvalue weighted by Crippen LogP contribution is -2.37. The number of ether oxygens (including phenoxy) is 1. The highest BCUT2D eigenvalue weighted by atomic mass is 16.5. The smallest absolute Gasteiger partial charge is 0.255 e. The molecule has 4 rings (SSSR count). The fourth-order valence-electron chi connectivity index (χ4n) is 3.23. The molecule has 1 unspecified atom stereocenters. The van der Waals surface area contributed by atoms with Crippen molar-refractivity contribution in [1.29, 1.82) is 0 Å². The predicted octanol–water partition coefficient (Wildman–Crippen LogP) is 1.82. The molecule has 0 spiro atoms. The lowest BCUT2D eigenvalue weighted by molar-refractivity contribution is 0.0936. The van der Waals surface area contributed by atoms with Crippen LogP contribution in [0.2, 0.25) is 0 Å². The Morgan fingerprint density at radius 2 is 2.03 bits per heavy atom. The zero-order chi connectivity index (χ0) is 20.8. The van der Waals surface area contributed by atoms with Crippen molar-refractivity contribution in [2.75, 3.05) is 37.7 Å². The van der Waals surface area contributed by atoms with Crippen molar-refractivity contribution in [2.45, 2.75) is 12.5 Å². The minimum Gasteiger partial charge on any atom is -0.467 e. The molecule has 4 heterocycles. The van der Waals surface area contributed by atoms with Gasteiger partial charge in [-0.05, 0) is 30.7 Å². The van der Waals surface area contributed by atoms with Gasteiger partial charge < -0.3 is 24.5 Å². The van der Waals surface area contributed by atoms with Crippen molar-refractivity contribution >= 4 is 11.9 Å². The number of furan rings is 1. The van der Waals surface area contributed by atoms with Crippen molar-refractivity contribution in [2.24, 2.45) is 0 Å². The van der Waals surface area contributed by atoms with Crippen molar-refractivity contribution in [1.82, 2.24) is 20.3 Å². The quantitative estimate of drug-likeness (QED) is 0.608. The van der Waals surface area contributed by atoms with Gasteiger partial charge in [0.1, 0.15) is 11.9 Å². The molecule has 1 aliphatic rings. The van der Waals surface area contributed by atoms with E-state index < -0.39 is 6.10 Å². The molecule has 1 atom stereocenters. The molecular weight excluding hydrogens is 386 g/mol. The Labute approximate surface area is 173 Å². The number of anilines is 1. The Kier molecular flexibility index (Phi) is 6.31. The van der Waals surface area contributed by atoms with E-state index in [2.05, 4.69) is 20.3 Å². The summed E-state index contributed by atoms with van der Waals surface area (Å²) in [4.78, 5) is 28.0. The second-order valence-electron chi connectivity index (χ2n) is 6.84. The van der Waals surface area contributed by atoms with Crippen molar-refractivity contribution < 1.29 is 19.1 Å². The summed E-state index contributed by atoms with van der Waals surface area (Å²) in [5.74, 6) is 0.733. The highest BCUT2D eigenvalue weighted by Gasteiger charge is 2.20. The Hall–Kier alpha value is -3.30. The summed E-state index contributed by atoms with van der Waals surface area (Å²) in [7, 11) is 0. The van der Waals surface area contributed by atoms with Crippen molar-refractivity contribution in [3.8, 4) is 11.3 Å². The van der Waals surface area contributed by atoms with Gasteiger partial charge in [-0.3, -0.25) is 9.78 Å². The van der Waals surface area contributed by atoms with Crippen LogP contribution in [0.5, 0.6) is 0 Å². The number of rotatable bonds is 7. The van der Waals surface area contributed by atoms with E-state index in [9.17, 15) is 9.90 Å². The lowest BCUT2D eigenvalue weighted by Gasteiger charge is -2.27. The number of aliphatic hydroxyl groups is 1. The normalized spacial score (nSPS) is 15.0. The molecule has 0 aromatic carbocycles. The van der Waals surface area contributed by atoms with Gasteiger partial charge in [0.2, 0.25) is 5.95 Å². The molecule has 9 nitrogen and oxygen atoms in total. The SMILES string of the molecule is O=C(NCCC(O)c1ccco1)c1cnc(N2CCOCC2)nc1-c1ccncc1. The Morgan fingerprint density at radius 1 is 1.23 bits per heavy atom. The standard InChI is InChI=1S/C21H23N5O4/c27-17(18-2-1-11-30-18)5-8-23-20(28)16-14-24-21(26-9-12-29-13-10-26)25-19(16)15-3-6-22-7-4-15/h1-4,6-7,11,14,17,27H,5,8-10,12-13H2,(H,23,28). The second-order valence-corrected chi connectivity index (χ2v) is 6.84. The van der Waals surface area contributed by atoms with Crippen LogP contribution in [0.1, 0.15) is 28.6 Å². The minimum absolute atomic E-state index is 0.279. The van der Waals surface area contributed by atoms with Gasteiger partial charge in [-0.2, -0.15) is 0 Å². The van der Waals surface area contributed by atoms with Crippen LogP contribution in [0.3, 0.4) is 0 Å². The van der Waals surface area contributed by atoms with Gasteiger partial charge in [0.05, 0.1) is 30.7 Å². The lowest BCUT2D eigenvalue weighted by atomic mass is 10.1. The largest absolute Gasteiger partial charge is 0.467 e. The number of morpholine rings is 1. The van der Waals surface area contributed by atoms with E-state index in [4.69, 9.17) is 9.15 Å². The van der Waals surface area contributed by atoms with E-state index in [0.29, 0.717) is 55.7 Å².